The Morgan fingerprint density at radius 1 is 1.08 bits per heavy atom. The quantitative estimate of drug-likeness (QED) is 0.588. The van der Waals surface area contributed by atoms with Crippen LogP contribution in [0.3, 0.4) is 0 Å². The Kier molecular flexibility index (Phi) is 4.49. The van der Waals surface area contributed by atoms with Crippen LogP contribution in [-0.2, 0) is 0 Å². The van der Waals surface area contributed by atoms with Crippen LogP contribution in [0.4, 0.5) is 0 Å². The van der Waals surface area contributed by atoms with E-state index >= 15 is 0 Å². The molecule has 1 heteroatoms. The van der Waals surface area contributed by atoms with Gasteiger partial charge in [-0.3, -0.25) is 0 Å². The van der Waals surface area contributed by atoms with Crippen LogP contribution in [0.25, 0.3) is 0 Å². The maximum absolute atomic E-state index is 2.38. The summed E-state index contributed by atoms with van der Waals surface area (Å²) in [5, 5.41) is 0.966. The number of rotatable bonds is 2. The highest BCUT2D eigenvalue weighted by molar-refractivity contribution is 7.99. The van der Waals surface area contributed by atoms with E-state index in [1.807, 2.05) is 0 Å². The minimum absolute atomic E-state index is 0.908. The van der Waals surface area contributed by atoms with Gasteiger partial charge in [0, 0.05) is 5.25 Å². The van der Waals surface area contributed by atoms with E-state index in [1.165, 1.54) is 32.1 Å². The van der Waals surface area contributed by atoms with Crippen LogP contribution in [0, 0.1) is 11.8 Å². The third kappa shape index (κ3) is 3.01. The van der Waals surface area contributed by atoms with Gasteiger partial charge in [0.25, 0.3) is 0 Å². The molecule has 0 N–H and O–H groups in total. The van der Waals surface area contributed by atoms with Gasteiger partial charge < -0.3 is 0 Å². The van der Waals surface area contributed by atoms with E-state index in [1.54, 1.807) is 0 Å². The molecule has 1 aliphatic carbocycles. The zero-order valence-electron chi connectivity index (χ0n) is 8.68. The SMILES string of the molecule is CS[C@@H]1CCCC(C(C)C)CC1. The molecule has 1 aliphatic rings. The second-order valence-corrected chi connectivity index (χ2v) is 5.51. The number of hydrogen-bond acceptors (Lipinski definition) is 1. The van der Waals surface area contributed by atoms with Crippen LogP contribution in [-0.4, -0.2) is 11.5 Å². The maximum Gasteiger partial charge on any atom is 0.00443 e. The normalized spacial score (nSPS) is 32.0. The van der Waals surface area contributed by atoms with Crippen molar-refractivity contribution >= 4 is 11.8 Å². The predicted octanol–water partition coefficient (Wildman–Crippen LogP) is 3.95. The summed E-state index contributed by atoms with van der Waals surface area (Å²) in [5.41, 5.74) is 0. The molecule has 0 aromatic carbocycles. The molecule has 0 radical (unpaired) electrons. The first kappa shape index (κ1) is 10.4. The van der Waals surface area contributed by atoms with E-state index in [0.717, 1.165) is 17.1 Å². The van der Waals surface area contributed by atoms with Gasteiger partial charge in [-0.05, 0) is 37.4 Å². The van der Waals surface area contributed by atoms with E-state index in [9.17, 15) is 0 Å². The van der Waals surface area contributed by atoms with Crippen LogP contribution in [0.5, 0.6) is 0 Å². The molecule has 1 rings (SSSR count). The van der Waals surface area contributed by atoms with Crippen molar-refractivity contribution in [2.75, 3.05) is 6.26 Å². The van der Waals surface area contributed by atoms with E-state index in [0.29, 0.717) is 0 Å². The van der Waals surface area contributed by atoms with Crippen LogP contribution in [0.15, 0.2) is 0 Å². The van der Waals surface area contributed by atoms with E-state index < -0.39 is 0 Å². The third-order valence-corrected chi connectivity index (χ3v) is 4.37. The fourth-order valence-corrected chi connectivity index (χ4v) is 2.97. The van der Waals surface area contributed by atoms with Crippen molar-refractivity contribution in [1.82, 2.24) is 0 Å². The Hall–Kier alpha value is 0.350. The van der Waals surface area contributed by atoms with Crippen molar-refractivity contribution in [2.24, 2.45) is 11.8 Å². The van der Waals surface area contributed by atoms with E-state index in [-0.39, 0.29) is 0 Å². The fraction of sp³-hybridized carbons (Fsp3) is 1.00. The first-order valence-corrected chi connectivity index (χ1v) is 6.55. The van der Waals surface area contributed by atoms with E-state index in [4.69, 9.17) is 0 Å². The Morgan fingerprint density at radius 2 is 1.83 bits per heavy atom. The van der Waals surface area contributed by atoms with Gasteiger partial charge in [0.1, 0.15) is 0 Å². The lowest BCUT2D eigenvalue weighted by Gasteiger charge is -2.17. The van der Waals surface area contributed by atoms with Crippen molar-refractivity contribution in [3.05, 3.63) is 0 Å². The molecule has 0 amide bonds. The van der Waals surface area contributed by atoms with E-state index in [2.05, 4.69) is 31.9 Å². The Balaban J connectivity index is 2.34. The first-order valence-electron chi connectivity index (χ1n) is 5.26. The summed E-state index contributed by atoms with van der Waals surface area (Å²) in [4.78, 5) is 0. The van der Waals surface area contributed by atoms with Gasteiger partial charge in [-0.15, -0.1) is 0 Å². The topological polar surface area (TPSA) is 0 Å². The van der Waals surface area contributed by atoms with Gasteiger partial charge in [0.05, 0.1) is 0 Å². The summed E-state index contributed by atoms with van der Waals surface area (Å²) in [7, 11) is 0. The summed E-state index contributed by atoms with van der Waals surface area (Å²) in [6.45, 7) is 4.76. The smallest absolute Gasteiger partial charge is 0.00443 e. The molecule has 0 aliphatic heterocycles. The molecule has 1 saturated carbocycles. The Morgan fingerprint density at radius 3 is 2.42 bits per heavy atom. The van der Waals surface area contributed by atoms with Crippen molar-refractivity contribution < 1.29 is 0 Å². The molecule has 0 saturated heterocycles. The van der Waals surface area contributed by atoms with Crippen LogP contribution >= 0.6 is 11.8 Å². The van der Waals surface area contributed by atoms with Crippen molar-refractivity contribution in [3.63, 3.8) is 0 Å². The molecule has 0 nitrogen and oxygen atoms in total. The fourth-order valence-electron chi connectivity index (χ4n) is 2.20. The highest BCUT2D eigenvalue weighted by atomic mass is 32.2. The molecule has 12 heavy (non-hydrogen) atoms. The molecular weight excluding hydrogens is 164 g/mol. The molecule has 2 atom stereocenters. The van der Waals surface area contributed by atoms with Gasteiger partial charge in [0.2, 0.25) is 0 Å². The summed E-state index contributed by atoms with van der Waals surface area (Å²) in [6, 6.07) is 0. The summed E-state index contributed by atoms with van der Waals surface area (Å²) in [5.74, 6) is 1.92. The average Bonchev–Trinajstić information content (AvgIpc) is 2.28. The second-order valence-electron chi connectivity index (χ2n) is 4.37. The zero-order valence-corrected chi connectivity index (χ0v) is 9.49. The summed E-state index contributed by atoms with van der Waals surface area (Å²) < 4.78 is 0. The predicted molar refractivity (Wildman–Crippen MR) is 58.7 cm³/mol. The van der Waals surface area contributed by atoms with Crippen molar-refractivity contribution in [1.29, 1.82) is 0 Å². The lowest BCUT2D eigenvalue weighted by atomic mass is 9.89. The Bertz CT molecular complexity index is 120. The van der Waals surface area contributed by atoms with Crippen LogP contribution in [0.2, 0.25) is 0 Å². The molecule has 0 spiro atoms. The minimum Gasteiger partial charge on any atom is -0.162 e. The second kappa shape index (κ2) is 5.16. The van der Waals surface area contributed by atoms with Gasteiger partial charge in [0.15, 0.2) is 0 Å². The first-order chi connectivity index (χ1) is 5.74. The van der Waals surface area contributed by atoms with Crippen LogP contribution in [0.1, 0.15) is 46.0 Å². The molecule has 0 bridgehead atoms. The lowest BCUT2D eigenvalue weighted by molar-refractivity contribution is 0.343. The number of thioether (sulfide) groups is 1. The maximum atomic E-state index is 2.38. The highest BCUT2D eigenvalue weighted by Gasteiger charge is 2.19. The van der Waals surface area contributed by atoms with Gasteiger partial charge in [-0.25, -0.2) is 0 Å². The van der Waals surface area contributed by atoms with Gasteiger partial charge in [-0.2, -0.15) is 11.8 Å². The Labute approximate surface area is 81.5 Å². The standard InChI is InChI=1S/C11H22S/c1-9(2)10-5-4-6-11(12-3)8-7-10/h9-11H,4-8H2,1-3H3/t10?,11-/m1/s1. The molecule has 72 valence electrons. The largest absolute Gasteiger partial charge is 0.162 e. The zero-order chi connectivity index (χ0) is 8.97. The van der Waals surface area contributed by atoms with Gasteiger partial charge >= 0.3 is 0 Å². The molecular formula is C11H22S. The molecule has 1 unspecified atom stereocenters. The number of hydrogen-bond donors (Lipinski definition) is 0. The lowest BCUT2D eigenvalue weighted by Crippen LogP contribution is -2.07. The summed E-state index contributed by atoms with van der Waals surface area (Å²) in [6.07, 6.45) is 9.61. The van der Waals surface area contributed by atoms with Crippen LogP contribution < -0.4 is 0 Å². The minimum atomic E-state index is 0.908. The van der Waals surface area contributed by atoms with Gasteiger partial charge in [-0.1, -0.05) is 26.7 Å². The monoisotopic (exact) mass is 186 g/mol. The van der Waals surface area contributed by atoms with Crippen molar-refractivity contribution in [2.45, 2.75) is 51.2 Å². The molecule has 1 fully saturated rings. The van der Waals surface area contributed by atoms with Crippen molar-refractivity contribution in [3.8, 4) is 0 Å². The summed E-state index contributed by atoms with van der Waals surface area (Å²) >= 11 is 2.07. The molecule has 0 aromatic heterocycles. The highest BCUT2D eigenvalue weighted by Crippen LogP contribution is 2.32. The average molecular weight is 186 g/mol. The third-order valence-electron chi connectivity index (χ3n) is 3.24. The molecule has 0 heterocycles. The molecule has 0 aromatic rings.